The van der Waals surface area contributed by atoms with Gasteiger partial charge >= 0.3 is 0 Å². The summed E-state index contributed by atoms with van der Waals surface area (Å²) in [6.07, 6.45) is 5.90. The highest BCUT2D eigenvalue weighted by Gasteiger charge is 2.69. The van der Waals surface area contributed by atoms with Crippen LogP contribution in [0.1, 0.15) is 48.2 Å². The molecule has 3 fully saturated rings. The second-order valence-electron chi connectivity index (χ2n) is 9.62. The van der Waals surface area contributed by atoms with Crippen molar-refractivity contribution in [2.45, 2.75) is 58.5 Å². The van der Waals surface area contributed by atoms with Crippen LogP contribution in [0, 0.1) is 60.2 Å². The summed E-state index contributed by atoms with van der Waals surface area (Å²) in [5, 5.41) is 30.8. The smallest absolute Gasteiger partial charge is 0.252 e. The van der Waals surface area contributed by atoms with Crippen LogP contribution in [0.2, 0.25) is 0 Å². The van der Waals surface area contributed by atoms with E-state index in [0.717, 1.165) is 41.8 Å². The maximum Gasteiger partial charge on any atom is 0.252 e. The molecule has 3 aliphatic rings. The molecule has 6 rings (SSSR count). The highest BCUT2D eigenvalue weighted by molar-refractivity contribution is 5.79. The van der Waals surface area contributed by atoms with Crippen LogP contribution in [0.4, 0.5) is 5.95 Å². The van der Waals surface area contributed by atoms with Gasteiger partial charge in [0.05, 0.1) is 30.0 Å². The van der Waals surface area contributed by atoms with Crippen molar-refractivity contribution in [3.05, 3.63) is 40.7 Å². The van der Waals surface area contributed by atoms with Gasteiger partial charge in [0.15, 0.2) is 11.2 Å². The van der Waals surface area contributed by atoms with E-state index in [1.54, 1.807) is 6.08 Å². The summed E-state index contributed by atoms with van der Waals surface area (Å²) in [5.74, 6) is 2.17. The fraction of sp³-hybridized carbons (Fsp3) is 0.385. The third-order valence-electron chi connectivity index (χ3n) is 6.88. The summed E-state index contributed by atoms with van der Waals surface area (Å²) in [5.41, 5.74) is 3.52. The molecule has 0 amide bonds. The van der Waals surface area contributed by atoms with Crippen molar-refractivity contribution in [1.82, 2.24) is 19.5 Å². The highest BCUT2D eigenvalue weighted by Crippen LogP contribution is 2.67. The Morgan fingerprint density at radius 3 is 2.43 bits per heavy atom. The number of nitrogens with one attached hydrogen (secondary N) is 1. The van der Waals surface area contributed by atoms with Crippen molar-refractivity contribution < 1.29 is 4.74 Å². The number of nitriles is 3. The Kier molecular flexibility index (Phi) is 5.19. The number of hydrogen-bond donors (Lipinski definition) is 1. The molecule has 9 nitrogen and oxygen atoms in total. The van der Waals surface area contributed by atoms with Gasteiger partial charge in [-0.05, 0) is 74.9 Å². The van der Waals surface area contributed by atoms with Gasteiger partial charge in [-0.1, -0.05) is 0 Å². The van der Waals surface area contributed by atoms with Gasteiger partial charge in [0.2, 0.25) is 5.95 Å². The zero-order valence-corrected chi connectivity index (χ0v) is 19.9. The molecule has 2 bridgehead atoms. The van der Waals surface area contributed by atoms with Crippen LogP contribution in [0.3, 0.4) is 0 Å². The Bertz CT molecular complexity index is 1470. The molecule has 0 unspecified atom stereocenters. The molecule has 0 spiro atoms. The summed E-state index contributed by atoms with van der Waals surface area (Å²) in [7, 11) is 0. The summed E-state index contributed by atoms with van der Waals surface area (Å²) in [6, 6.07) is 10.5. The van der Waals surface area contributed by atoms with Gasteiger partial charge in [-0.15, -0.1) is 0 Å². The van der Waals surface area contributed by atoms with E-state index in [2.05, 4.69) is 22.4 Å². The first-order valence-electron chi connectivity index (χ1n) is 11.5. The molecule has 0 atom stereocenters. The van der Waals surface area contributed by atoms with Crippen LogP contribution in [0.25, 0.3) is 17.2 Å². The highest BCUT2D eigenvalue weighted by atomic mass is 16.5. The van der Waals surface area contributed by atoms with E-state index in [4.69, 9.17) is 25.2 Å². The minimum Gasteiger partial charge on any atom is -0.436 e. The van der Waals surface area contributed by atoms with E-state index < -0.39 is 0 Å². The van der Waals surface area contributed by atoms with Gasteiger partial charge < -0.3 is 14.6 Å². The Morgan fingerprint density at radius 2 is 1.80 bits per heavy atom. The number of fused-ring (bicyclic) bond motifs is 1. The molecule has 0 radical (unpaired) electrons. The minimum atomic E-state index is -0.197. The largest absolute Gasteiger partial charge is 0.436 e. The van der Waals surface area contributed by atoms with Crippen LogP contribution in [-0.4, -0.2) is 25.1 Å². The Morgan fingerprint density at radius 1 is 1.09 bits per heavy atom. The molecule has 3 aliphatic carbocycles. The third-order valence-corrected chi connectivity index (χ3v) is 6.88. The van der Waals surface area contributed by atoms with Crippen molar-refractivity contribution in [3.63, 3.8) is 0 Å². The number of aryl methyl sites for hydroxylation is 4. The van der Waals surface area contributed by atoms with Crippen LogP contribution in [0.15, 0.2) is 18.2 Å². The molecular formula is C26H24N8O. The number of nitrogens with zero attached hydrogens (tertiary/aromatic N) is 7. The number of ether oxygens (including phenoxy) is 1. The van der Waals surface area contributed by atoms with Crippen molar-refractivity contribution >= 4 is 23.2 Å². The Balaban J connectivity index is 1.55. The monoisotopic (exact) mass is 464 g/mol. The predicted octanol–water partition coefficient (Wildman–Crippen LogP) is 4.85. The van der Waals surface area contributed by atoms with E-state index in [1.165, 1.54) is 6.08 Å². The number of anilines is 1. The molecule has 174 valence electrons. The molecule has 1 aromatic carbocycles. The molecule has 2 heterocycles. The summed E-state index contributed by atoms with van der Waals surface area (Å²) < 4.78 is 8.28. The lowest BCUT2D eigenvalue weighted by Crippen LogP contribution is -2.70. The van der Waals surface area contributed by atoms with Gasteiger partial charge in [0.25, 0.3) is 5.88 Å². The lowest BCUT2D eigenvalue weighted by Gasteiger charge is -2.66. The van der Waals surface area contributed by atoms with Crippen LogP contribution >= 0.6 is 0 Å². The molecule has 9 heteroatoms. The van der Waals surface area contributed by atoms with Crippen molar-refractivity contribution in [2.75, 3.05) is 5.32 Å². The van der Waals surface area contributed by atoms with Gasteiger partial charge in [-0.3, -0.25) is 0 Å². The molecule has 1 N–H and O–H groups in total. The Labute approximate surface area is 203 Å². The van der Waals surface area contributed by atoms with E-state index in [0.29, 0.717) is 41.7 Å². The first-order chi connectivity index (χ1) is 16.8. The van der Waals surface area contributed by atoms with E-state index in [-0.39, 0.29) is 11.0 Å². The molecule has 3 aromatic rings. The summed E-state index contributed by atoms with van der Waals surface area (Å²) in [6.45, 7) is 6.24. The van der Waals surface area contributed by atoms with Crippen LogP contribution < -0.4 is 10.1 Å². The van der Waals surface area contributed by atoms with E-state index >= 15 is 0 Å². The zero-order valence-electron chi connectivity index (χ0n) is 19.9. The van der Waals surface area contributed by atoms with Crippen molar-refractivity contribution in [2.24, 2.45) is 5.41 Å². The molecule has 35 heavy (non-hydrogen) atoms. The normalized spacial score (nSPS) is 22.1. The zero-order chi connectivity index (χ0) is 24.8. The van der Waals surface area contributed by atoms with E-state index in [1.807, 2.05) is 43.5 Å². The second kappa shape index (κ2) is 8.11. The first kappa shape index (κ1) is 22.4. The maximum absolute atomic E-state index is 9.37. The summed E-state index contributed by atoms with van der Waals surface area (Å²) in [4.78, 5) is 14.1. The van der Waals surface area contributed by atoms with Crippen LogP contribution in [-0.2, 0) is 6.54 Å². The lowest BCUT2D eigenvalue weighted by molar-refractivity contribution is -0.0665. The standard InChI is InChI=1S/C26H24N8O/c1-16-10-19(6-4-7-27)11-17(2)21(16)35-23-20-22(34(9-5-8-28)18(3)30-20)31-24(32-23)33-26-12-25(13-26,14-26)15-29/h4,6,10-11H,5,9,12-14H2,1-3H3,(H,31,32,33)/b6-4+. The Hall–Kier alpha value is -4.42. The second-order valence-corrected chi connectivity index (χ2v) is 9.62. The van der Waals surface area contributed by atoms with Crippen LogP contribution in [0.5, 0.6) is 11.6 Å². The minimum absolute atomic E-state index is 0.145. The fourth-order valence-electron chi connectivity index (χ4n) is 5.39. The van der Waals surface area contributed by atoms with E-state index in [9.17, 15) is 5.26 Å². The maximum atomic E-state index is 9.37. The molecule has 3 saturated carbocycles. The fourth-order valence-corrected chi connectivity index (χ4v) is 5.39. The molecule has 0 aliphatic heterocycles. The quantitative estimate of drug-likeness (QED) is 0.490. The van der Waals surface area contributed by atoms with Gasteiger partial charge in [-0.2, -0.15) is 25.8 Å². The topological polar surface area (TPSA) is 136 Å². The number of benzene rings is 1. The predicted molar refractivity (Wildman–Crippen MR) is 129 cm³/mol. The van der Waals surface area contributed by atoms with Crippen molar-refractivity contribution in [3.8, 4) is 29.8 Å². The lowest BCUT2D eigenvalue weighted by atomic mass is 9.40. The number of aromatic nitrogens is 4. The molecular weight excluding hydrogens is 440 g/mol. The third kappa shape index (κ3) is 3.74. The summed E-state index contributed by atoms with van der Waals surface area (Å²) >= 11 is 0. The molecule has 0 saturated heterocycles. The van der Waals surface area contributed by atoms with Gasteiger partial charge in [0, 0.05) is 18.2 Å². The number of allylic oxidation sites excluding steroid dienone is 1. The molecule has 2 aromatic heterocycles. The average Bonchev–Trinajstić information content (AvgIpc) is 3.09. The van der Waals surface area contributed by atoms with Gasteiger partial charge in [0.1, 0.15) is 11.6 Å². The average molecular weight is 465 g/mol. The number of hydrogen-bond acceptors (Lipinski definition) is 8. The van der Waals surface area contributed by atoms with Gasteiger partial charge in [-0.25, -0.2) is 4.98 Å². The number of imidazole rings is 1. The SMILES string of the molecule is Cc1cc(/C=C/C#N)cc(C)c1Oc1nc(NC23CC(C#N)(C2)C3)nc2c1nc(C)n2CCC#N. The number of rotatable bonds is 7. The van der Waals surface area contributed by atoms with Crippen molar-refractivity contribution in [1.29, 1.82) is 15.8 Å². The first-order valence-corrected chi connectivity index (χ1v) is 11.5.